The lowest BCUT2D eigenvalue weighted by atomic mass is 9.99. The van der Waals surface area contributed by atoms with Crippen molar-refractivity contribution in [1.29, 1.82) is 0 Å². The zero-order valence-corrected chi connectivity index (χ0v) is 8.53. The predicted octanol–water partition coefficient (Wildman–Crippen LogP) is 2.22. The molecule has 1 aromatic carbocycles. The van der Waals surface area contributed by atoms with Crippen LogP contribution < -0.4 is 11.1 Å². The zero-order valence-electron chi connectivity index (χ0n) is 7.71. The van der Waals surface area contributed by atoms with Crippen LogP contribution in [-0.2, 0) is 0 Å². The molecule has 3 N–H and O–H groups in total. The molecular weight excluding hydrogens is 180 g/mol. The molecule has 2 nitrogen and oxygen atoms in total. The van der Waals surface area contributed by atoms with Crippen molar-refractivity contribution in [3.63, 3.8) is 0 Å². The maximum Gasteiger partial charge on any atom is 0.0399 e. The van der Waals surface area contributed by atoms with Crippen LogP contribution in [0.25, 0.3) is 0 Å². The quantitative estimate of drug-likeness (QED) is 0.673. The van der Waals surface area contributed by atoms with E-state index in [0.717, 1.165) is 13.0 Å². The zero-order chi connectivity index (χ0) is 9.26. The third kappa shape index (κ3) is 1.54. The van der Waals surface area contributed by atoms with Crippen LogP contribution in [0.5, 0.6) is 0 Å². The Bertz CT molecular complexity index is 298. The molecule has 0 spiro atoms. The predicted molar refractivity (Wildman–Crippen MR) is 58.3 cm³/mol. The number of hydrogen-bond donors (Lipinski definition) is 2. The Morgan fingerprint density at radius 1 is 1.54 bits per heavy atom. The summed E-state index contributed by atoms with van der Waals surface area (Å²) in [5, 5.41) is 3.37. The minimum absolute atomic E-state index is 0.208. The first kappa shape index (κ1) is 8.91. The second-order valence-corrected chi connectivity index (χ2v) is 4.09. The van der Waals surface area contributed by atoms with Gasteiger partial charge in [-0.2, -0.15) is 0 Å². The standard InChI is InChI=1S/C10H14N2S/c1-13-9-4-2-3-8-10(9)7(11)5-6-12-8/h2-4,7,12H,5-6,11H2,1H3/t7-/m1/s1. The molecular formula is C10H14N2S. The SMILES string of the molecule is CSc1cccc2c1[C@H](N)CCN2. The largest absolute Gasteiger partial charge is 0.385 e. The highest BCUT2D eigenvalue weighted by Gasteiger charge is 2.18. The molecule has 13 heavy (non-hydrogen) atoms. The molecule has 0 radical (unpaired) electrons. The molecule has 0 amide bonds. The van der Waals surface area contributed by atoms with Crippen LogP contribution in [0.4, 0.5) is 5.69 Å². The van der Waals surface area contributed by atoms with Crippen molar-refractivity contribution < 1.29 is 0 Å². The third-order valence-electron chi connectivity index (χ3n) is 2.43. The van der Waals surface area contributed by atoms with Gasteiger partial charge in [0.25, 0.3) is 0 Å². The third-order valence-corrected chi connectivity index (χ3v) is 3.22. The number of thioether (sulfide) groups is 1. The number of nitrogens with one attached hydrogen (secondary N) is 1. The molecule has 1 atom stereocenters. The van der Waals surface area contributed by atoms with Gasteiger partial charge in [0.15, 0.2) is 0 Å². The normalized spacial score (nSPS) is 20.6. The van der Waals surface area contributed by atoms with Crippen molar-refractivity contribution in [2.45, 2.75) is 17.4 Å². The smallest absolute Gasteiger partial charge is 0.0399 e. The van der Waals surface area contributed by atoms with Gasteiger partial charge in [-0.25, -0.2) is 0 Å². The molecule has 0 saturated heterocycles. The van der Waals surface area contributed by atoms with Crippen LogP contribution in [0.15, 0.2) is 23.1 Å². The maximum absolute atomic E-state index is 6.07. The molecule has 1 aliphatic heterocycles. The minimum atomic E-state index is 0.208. The van der Waals surface area contributed by atoms with E-state index in [0.29, 0.717) is 0 Å². The van der Waals surface area contributed by atoms with Crippen LogP contribution >= 0.6 is 11.8 Å². The van der Waals surface area contributed by atoms with Gasteiger partial charge in [-0.05, 0) is 24.8 Å². The fourth-order valence-corrected chi connectivity index (χ4v) is 2.46. The lowest BCUT2D eigenvalue weighted by Crippen LogP contribution is -2.23. The second-order valence-electron chi connectivity index (χ2n) is 3.24. The lowest BCUT2D eigenvalue weighted by Gasteiger charge is -2.25. The van der Waals surface area contributed by atoms with Gasteiger partial charge in [0.1, 0.15) is 0 Å². The van der Waals surface area contributed by atoms with Gasteiger partial charge in [0.2, 0.25) is 0 Å². The summed E-state index contributed by atoms with van der Waals surface area (Å²) in [4.78, 5) is 1.30. The Morgan fingerprint density at radius 3 is 3.15 bits per heavy atom. The molecule has 0 unspecified atom stereocenters. The van der Waals surface area contributed by atoms with E-state index < -0.39 is 0 Å². The Balaban J connectivity index is 2.50. The van der Waals surface area contributed by atoms with Crippen LogP contribution in [0.1, 0.15) is 18.0 Å². The van der Waals surface area contributed by atoms with Crippen molar-refractivity contribution in [1.82, 2.24) is 0 Å². The number of rotatable bonds is 1. The summed E-state index contributed by atoms with van der Waals surface area (Å²) >= 11 is 1.77. The summed E-state index contributed by atoms with van der Waals surface area (Å²) in [5.41, 5.74) is 8.58. The molecule has 1 aliphatic rings. The van der Waals surface area contributed by atoms with Gasteiger partial charge >= 0.3 is 0 Å². The van der Waals surface area contributed by atoms with E-state index in [1.54, 1.807) is 11.8 Å². The van der Waals surface area contributed by atoms with Crippen molar-refractivity contribution in [2.24, 2.45) is 5.73 Å². The number of nitrogens with two attached hydrogens (primary N) is 1. The summed E-state index contributed by atoms with van der Waals surface area (Å²) in [5.74, 6) is 0. The summed E-state index contributed by atoms with van der Waals surface area (Å²) in [6, 6.07) is 6.53. The van der Waals surface area contributed by atoms with Crippen LogP contribution in [0, 0.1) is 0 Å². The number of benzene rings is 1. The molecule has 0 aliphatic carbocycles. The average Bonchev–Trinajstić information content (AvgIpc) is 2.17. The van der Waals surface area contributed by atoms with E-state index in [2.05, 4.69) is 29.8 Å². The van der Waals surface area contributed by atoms with Gasteiger partial charge in [-0.15, -0.1) is 11.8 Å². The first-order valence-corrected chi connectivity index (χ1v) is 5.71. The van der Waals surface area contributed by atoms with Gasteiger partial charge in [0.05, 0.1) is 0 Å². The van der Waals surface area contributed by atoms with Crippen molar-refractivity contribution in [2.75, 3.05) is 18.1 Å². The van der Waals surface area contributed by atoms with E-state index in [-0.39, 0.29) is 6.04 Å². The summed E-state index contributed by atoms with van der Waals surface area (Å²) in [6.07, 6.45) is 3.13. The first-order chi connectivity index (χ1) is 6.33. The molecule has 1 aromatic rings. The fourth-order valence-electron chi connectivity index (χ4n) is 1.77. The molecule has 2 rings (SSSR count). The fraction of sp³-hybridized carbons (Fsp3) is 0.400. The molecule has 0 saturated carbocycles. The highest BCUT2D eigenvalue weighted by atomic mass is 32.2. The Kier molecular flexibility index (Phi) is 2.47. The molecule has 0 bridgehead atoms. The van der Waals surface area contributed by atoms with Crippen molar-refractivity contribution >= 4 is 17.4 Å². The topological polar surface area (TPSA) is 38.0 Å². The van der Waals surface area contributed by atoms with Crippen molar-refractivity contribution in [3.05, 3.63) is 23.8 Å². The Morgan fingerprint density at radius 2 is 2.38 bits per heavy atom. The molecule has 70 valence electrons. The molecule has 0 aromatic heterocycles. The highest BCUT2D eigenvalue weighted by molar-refractivity contribution is 7.98. The molecule has 0 fully saturated rings. The molecule has 3 heteroatoms. The second kappa shape index (κ2) is 3.60. The molecule has 1 heterocycles. The van der Waals surface area contributed by atoms with Crippen LogP contribution in [0.3, 0.4) is 0 Å². The van der Waals surface area contributed by atoms with E-state index >= 15 is 0 Å². The van der Waals surface area contributed by atoms with E-state index in [1.807, 2.05) is 0 Å². The van der Waals surface area contributed by atoms with Gasteiger partial charge in [-0.3, -0.25) is 0 Å². The van der Waals surface area contributed by atoms with E-state index in [4.69, 9.17) is 5.73 Å². The van der Waals surface area contributed by atoms with Gasteiger partial charge in [-0.1, -0.05) is 6.07 Å². The van der Waals surface area contributed by atoms with Gasteiger partial charge < -0.3 is 11.1 Å². The summed E-state index contributed by atoms with van der Waals surface area (Å²) in [6.45, 7) is 0.992. The van der Waals surface area contributed by atoms with Crippen LogP contribution in [-0.4, -0.2) is 12.8 Å². The number of hydrogen-bond acceptors (Lipinski definition) is 3. The average molecular weight is 194 g/mol. The van der Waals surface area contributed by atoms with E-state index in [1.165, 1.54) is 16.1 Å². The Hall–Kier alpha value is -0.670. The number of anilines is 1. The highest BCUT2D eigenvalue weighted by Crippen LogP contribution is 2.35. The van der Waals surface area contributed by atoms with E-state index in [9.17, 15) is 0 Å². The number of fused-ring (bicyclic) bond motifs is 1. The monoisotopic (exact) mass is 194 g/mol. The van der Waals surface area contributed by atoms with Crippen molar-refractivity contribution in [3.8, 4) is 0 Å². The van der Waals surface area contributed by atoms with Crippen LogP contribution in [0.2, 0.25) is 0 Å². The Labute approximate surface area is 82.9 Å². The maximum atomic E-state index is 6.07. The summed E-state index contributed by atoms with van der Waals surface area (Å²) in [7, 11) is 0. The van der Waals surface area contributed by atoms with Gasteiger partial charge in [0, 0.05) is 28.7 Å². The first-order valence-electron chi connectivity index (χ1n) is 4.49. The lowest BCUT2D eigenvalue weighted by molar-refractivity contribution is 0.643. The summed E-state index contributed by atoms with van der Waals surface area (Å²) < 4.78 is 0. The minimum Gasteiger partial charge on any atom is -0.385 e.